The van der Waals surface area contributed by atoms with Crippen LogP contribution in [-0.2, 0) is 26.2 Å². The lowest BCUT2D eigenvalue weighted by atomic mass is 9.50. The molecule has 2 N–H and O–H groups in total. The van der Waals surface area contributed by atoms with Crippen molar-refractivity contribution in [3.05, 3.63) is 45.3 Å². The SMILES string of the molecule is CC(CCC(=O)NCCOCCN=[N+]=[N-])CCC(C)c1ccc2c(c1)CC[C@H]1[C@](C)(C(=O)O)CCC[C@]21C. The van der Waals surface area contributed by atoms with E-state index in [4.69, 9.17) is 10.3 Å². The van der Waals surface area contributed by atoms with E-state index in [1.807, 2.05) is 6.92 Å². The number of nitrogens with one attached hydrogen (secondary N) is 1. The number of benzene rings is 1. The molecular formula is C30H46N4O4. The van der Waals surface area contributed by atoms with Crippen molar-refractivity contribution in [1.29, 1.82) is 0 Å². The van der Waals surface area contributed by atoms with Crippen LogP contribution in [0.3, 0.4) is 0 Å². The molecule has 1 aromatic carbocycles. The molecule has 1 fully saturated rings. The summed E-state index contributed by atoms with van der Waals surface area (Å²) < 4.78 is 5.30. The Bertz CT molecular complexity index is 1020. The van der Waals surface area contributed by atoms with Crippen molar-refractivity contribution < 1.29 is 19.4 Å². The number of aliphatic carboxylic acids is 1. The third kappa shape index (κ3) is 7.09. The van der Waals surface area contributed by atoms with E-state index in [1.54, 1.807) is 0 Å². The zero-order valence-electron chi connectivity index (χ0n) is 23.7. The summed E-state index contributed by atoms with van der Waals surface area (Å²) in [6, 6.07) is 6.97. The molecule has 0 aliphatic heterocycles. The van der Waals surface area contributed by atoms with Crippen molar-refractivity contribution in [2.75, 3.05) is 26.3 Å². The molecule has 1 amide bonds. The minimum atomic E-state index is -0.637. The maximum absolute atomic E-state index is 12.2. The zero-order valence-corrected chi connectivity index (χ0v) is 23.7. The molecule has 2 unspecified atom stereocenters. The molecule has 8 heteroatoms. The van der Waals surface area contributed by atoms with Crippen LogP contribution in [0, 0.1) is 17.3 Å². The topological polar surface area (TPSA) is 124 Å². The Hall–Kier alpha value is -2.57. The summed E-state index contributed by atoms with van der Waals surface area (Å²) in [6.07, 6.45) is 8.26. The molecule has 1 aromatic rings. The number of carbonyl (C=O) groups excluding carboxylic acids is 1. The van der Waals surface area contributed by atoms with E-state index in [1.165, 1.54) is 16.7 Å². The minimum Gasteiger partial charge on any atom is -0.481 e. The molecule has 0 saturated heterocycles. The number of azide groups is 1. The number of fused-ring (bicyclic) bond motifs is 3. The number of hydrogen-bond donors (Lipinski definition) is 2. The first kappa shape index (κ1) is 30.0. The molecule has 210 valence electrons. The Balaban J connectivity index is 1.46. The number of carboxylic acid groups (broad SMARTS) is 1. The Labute approximate surface area is 227 Å². The average Bonchev–Trinajstić information content (AvgIpc) is 2.89. The normalized spacial score (nSPS) is 25.8. The van der Waals surface area contributed by atoms with Crippen molar-refractivity contribution in [1.82, 2.24) is 5.32 Å². The van der Waals surface area contributed by atoms with Gasteiger partial charge in [-0.15, -0.1) is 0 Å². The Morgan fingerprint density at radius 3 is 2.74 bits per heavy atom. The second-order valence-electron chi connectivity index (χ2n) is 12.0. The summed E-state index contributed by atoms with van der Waals surface area (Å²) >= 11 is 0. The summed E-state index contributed by atoms with van der Waals surface area (Å²) in [5.74, 6) is 0.511. The number of amides is 1. The highest BCUT2D eigenvalue weighted by Crippen LogP contribution is 2.57. The van der Waals surface area contributed by atoms with Crippen LogP contribution in [-0.4, -0.2) is 43.3 Å². The van der Waals surface area contributed by atoms with Gasteiger partial charge in [0.15, 0.2) is 0 Å². The van der Waals surface area contributed by atoms with Gasteiger partial charge in [-0.25, -0.2) is 0 Å². The van der Waals surface area contributed by atoms with Gasteiger partial charge in [0.25, 0.3) is 0 Å². The standard InChI is InChI=1S/C30H46N4O4/c1-21(7-13-27(35)32-16-18-38-19-17-33-34-31)6-8-22(2)23-9-11-25-24(20-23)10-12-26-29(25,3)14-5-15-30(26,4)28(36)37/h9,11,20-22,26H,5-8,10,12-19H2,1-4H3,(H,32,35)(H,36,37)/t21?,22?,26-,29-,30-/m1/s1. The van der Waals surface area contributed by atoms with Crippen LogP contribution in [0.5, 0.6) is 0 Å². The lowest BCUT2D eigenvalue weighted by Crippen LogP contribution is -2.52. The largest absolute Gasteiger partial charge is 0.481 e. The highest BCUT2D eigenvalue weighted by molar-refractivity contribution is 5.76. The van der Waals surface area contributed by atoms with Gasteiger partial charge in [0.05, 0.1) is 18.6 Å². The summed E-state index contributed by atoms with van der Waals surface area (Å²) in [6.45, 7) is 10.3. The third-order valence-electron chi connectivity index (χ3n) is 9.36. The van der Waals surface area contributed by atoms with Crippen LogP contribution in [0.1, 0.15) is 102 Å². The highest BCUT2D eigenvalue weighted by atomic mass is 16.5. The smallest absolute Gasteiger partial charge is 0.309 e. The number of carbonyl (C=O) groups is 2. The molecular weight excluding hydrogens is 480 g/mol. The Morgan fingerprint density at radius 2 is 2.00 bits per heavy atom. The van der Waals surface area contributed by atoms with Gasteiger partial charge in [-0.1, -0.05) is 56.9 Å². The predicted octanol–water partition coefficient (Wildman–Crippen LogP) is 6.52. The van der Waals surface area contributed by atoms with Gasteiger partial charge in [0, 0.05) is 24.4 Å². The van der Waals surface area contributed by atoms with Gasteiger partial charge in [-0.05, 0) is 90.8 Å². The molecule has 0 radical (unpaired) electrons. The van der Waals surface area contributed by atoms with E-state index >= 15 is 0 Å². The molecule has 0 heterocycles. The number of nitrogens with zero attached hydrogens (tertiary/aromatic N) is 3. The number of ether oxygens (including phenoxy) is 1. The minimum absolute atomic E-state index is 0.0479. The van der Waals surface area contributed by atoms with Gasteiger partial charge < -0.3 is 15.2 Å². The lowest BCUT2D eigenvalue weighted by Gasteiger charge is -2.53. The zero-order chi connectivity index (χ0) is 27.8. The van der Waals surface area contributed by atoms with Crippen LogP contribution >= 0.6 is 0 Å². The van der Waals surface area contributed by atoms with E-state index in [0.717, 1.165) is 51.4 Å². The van der Waals surface area contributed by atoms with Gasteiger partial charge in [0.2, 0.25) is 5.91 Å². The Kier molecular flexibility index (Phi) is 10.6. The van der Waals surface area contributed by atoms with Crippen molar-refractivity contribution in [2.24, 2.45) is 22.4 Å². The number of hydrogen-bond acceptors (Lipinski definition) is 4. The third-order valence-corrected chi connectivity index (χ3v) is 9.36. The highest BCUT2D eigenvalue weighted by Gasteiger charge is 2.55. The van der Waals surface area contributed by atoms with Crippen molar-refractivity contribution in [3.63, 3.8) is 0 Å². The predicted molar refractivity (Wildman–Crippen MR) is 149 cm³/mol. The van der Waals surface area contributed by atoms with Gasteiger partial charge in [-0.2, -0.15) is 0 Å². The monoisotopic (exact) mass is 526 g/mol. The van der Waals surface area contributed by atoms with E-state index in [9.17, 15) is 14.7 Å². The van der Waals surface area contributed by atoms with E-state index < -0.39 is 11.4 Å². The number of rotatable bonds is 14. The molecule has 8 nitrogen and oxygen atoms in total. The molecule has 2 aliphatic carbocycles. The lowest BCUT2D eigenvalue weighted by molar-refractivity contribution is -0.157. The van der Waals surface area contributed by atoms with Crippen molar-refractivity contribution in [2.45, 2.75) is 96.8 Å². The molecule has 0 bridgehead atoms. The van der Waals surface area contributed by atoms with Crippen LogP contribution in [0.2, 0.25) is 0 Å². The first-order chi connectivity index (χ1) is 18.1. The number of aryl methyl sites for hydroxylation is 1. The molecule has 0 spiro atoms. The molecule has 0 aromatic heterocycles. The van der Waals surface area contributed by atoms with Crippen LogP contribution in [0.4, 0.5) is 0 Å². The second-order valence-corrected chi connectivity index (χ2v) is 12.0. The van der Waals surface area contributed by atoms with E-state index in [2.05, 4.69) is 54.3 Å². The van der Waals surface area contributed by atoms with E-state index in [0.29, 0.717) is 44.6 Å². The molecule has 1 saturated carbocycles. The fourth-order valence-electron chi connectivity index (χ4n) is 6.90. The number of carboxylic acids is 1. The summed E-state index contributed by atoms with van der Waals surface area (Å²) in [5.41, 5.74) is 11.7. The van der Waals surface area contributed by atoms with Gasteiger partial charge in [0.1, 0.15) is 0 Å². The van der Waals surface area contributed by atoms with Crippen LogP contribution in [0.15, 0.2) is 23.3 Å². The molecule has 3 rings (SSSR count). The first-order valence-corrected chi connectivity index (χ1v) is 14.3. The average molecular weight is 527 g/mol. The maximum Gasteiger partial charge on any atom is 0.309 e. The fourth-order valence-corrected chi connectivity index (χ4v) is 6.90. The van der Waals surface area contributed by atoms with Gasteiger partial charge in [-0.3, -0.25) is 9.59 Å². The fraction of sp³-hybridized carbons (Fsp3) is 0.733. The quantitative estimate of drug-likeness (QED) is 0.124. The first-order valence-electron chi connectivity index (χ1n) is 14.3. The summed E-state index contributed by atoms with van der Waals surface area (Å²) in [7, 11) is 0. The molecule has 38 heavy (non-hydrogen) atoms. The van der Waals surface area contributed by atoms with Gasteiger partial charge >= 0.3 is 5.97 Å². The molecule has 2 aliphatic rings. The molecule has 5 atom stereocenters. The summed E-state index contributed by atoms with van der Waals surface area (Å²) in [5, 5.41) is 16.3. The van der Waals surface area contributed by atoms with Crippen molar-refractivity contribution in [3.8, 4) is 0 Å². The van der Waals surface area contributed by atoms with Crippen molar-refractivity contribution >= 4 is 11.9 Å². The Morgan fingerprint density at radius 1 is 1.21 bits per heavy atom. The van der Waals surface area contributed by atoms with Crippen LogP contribution in [0.25, 0.3) is 10.4 Å². The maximum atomic E-state index is 12.2. The summed E-state index contributed by atoms with van der Waals surface area (Å²) in [4.78, 5) is 27.0. The second kappa shape index (κ2) is 13.5. The van der Waals surface area contributed by atoms with Crippen LogP contribution < -0.4 is 5.32 Å². The van der Waals surface area contributed by atoms with E-state index in [-0.39, 0.29) is 17.2 Å².